The summed E-state index contributed by atoms with van der Waals surface area (Å²) in [5, 5.41) is 6.44. The zero-order valence-corrected chi connectivity index (χ0v) is 12.4. The van der Waals surface area contributed by atoms with Crippen LogP contribution in [0.2, 0.25) is 5.02 Å². The van der Waals surface area contributed by atoms with Crippen molar-refractivity contribution in [2.75, 3.05) is 5.32 Å². The van der Waals surface area contributed by atoms with Gasteiger partial charge in [0.2, 0.25) is 0 Å². The normalized spacial score (nSPS) is 9.90. The maximum Gasteiger partial charge on any atom is 0.257 e. The van der Waals surface area contributed by atoms with E-state index in [1.807, 2.05) is 19.1 Å². The molecule has 0 unspecified atom stereocenters. The van der Waals surface area contributed by atoms with Crippen LogP contribution in [0.4, 0.5) is 5.69 Å². The first-order chi connectivity index (χ1) is 9.54. The van der Waals surface area contributed by atoms with E-state index in [4.69, 9.17) is 23.8 Å². The largest absolute Gasteiger partial charge is 0.332 e. The van der Waals surface area contributed by atoms with Gasteiger partial charge in [-0.2, -0.15) is 0 Å². The number of nitrogens with one attached hydrogen (secondary N) is 2. The van der Waals surface area contributed by atoms with E-state index in [9.17, 15) is 4.79 Å². The first-order valence-electron chi connectivity index (χ1n) is 5.99. The monoisotopic (exact) mass is 304 g/mol. The fourth-order valence-corrected chi connectivity index (χ4v) is 1.91. The average Bonchev–Trinajstić information content (AvgIpc) is 2.42. The summed E-state index contributed by atoms with van der Waals surface area (Å²) in [6, 6.07) is 14.3. The lowest BCUT2D eigenvalue weighted by atomic mass is 10.1. The van der Waals surface area contributed by atoms with E-state index < -0.39 is 0 Å². The van der Waals surface area contributed by atoms with Crippen molar-refractivity contribution in [3.05, 3.63) is 64.7 Å². The van der Waals surface area contributed by atoms with Crippen LogP contribution in [0.1, 0.15) is 15.9 Å². The smallest absolute Gasteiger partial charge is 0.257 e. The molecule has 0 aliphatic carbocycles. The van der Waals surface area contributed by atoms with Gasteiger partial charge in [-0.1, -0.05) is 29.3 Å². The molecule has 102 valence electrons. The predicted octanol–water partition coefficient (Wildman–Crippen LogP) is 3.78. The van der Waals surface area contributed by atoms with E-state index in [-0.39, 0.29) is 11.0 Å². The van der Waals surface area contributed by atoms with Crippen LogP contribution in [0.3, 0.4) is 0 Å². The predicted molar refractivity (Wildman–Crippen MR) is 86.3 cm³/mol. The van der Waals surface area contributed by atoms with Crippen LogP contribution >= 0.6 is 23.8 Å². The molecular formula is C15H13ClN2OS. The van der Waals surface area contributed by atoms with Crippen LogP contribution in [0.5, 0.6) is 0 Å². The second-order valence-corrected chi connectivity index (χ2v) is 5.13. The molecule has 20 heavy (non-hydrogen) atoms. The number of anilines is 1. The van der Waals surface area contributed by atoms with Gasteiger partial charge in [-0.25, -0.2) is 0 Å². The van der Waals surface area contributed by atoms with Crippen LogP contribution in [0, 0.1) is 6.92 Å². The number of hydrogen-bond donors (Lipinski definition) is 2. The lowest BCUT2D eigenvalue weighted by molar-refractivity contribution is 0.0978. The molecule has 0 aliphatic heterocycles. The van der Waals surface area contributed by atoms with Crippen molar-refractivity contribution in [1.82, 2.24) is 5.32 Å². The SMILES string of the molecule is Cc1ccc(C(=O)NC(=S)Nc2ccc(Cl)cc2)cc1. The molecule has 0 fully saturated rings. The van der Waals surface area contributed by atoms with E-state index >= 15 is 0 Å². The second kappa shape index (κ2) is 6.50. The van der Waals surface area contributed by atoms with E-state index in [0.717, 1.165) is 11.3 Å². The van der Waals surface area contributed by atoms with Crippen molar-refractivity contribution in [1.29, 1.82) is 0 Å². The Morgan fingerprint density at radius 3 is 2.25 bits per heavy atom. The molecule has 0 saturated heterocycles. The van der Waals surface area contributed by atoms with Crippen LogP contribution in [0.15, 0.2) is 48.5 Å². The molecule has 2 rings (SSSR count). The van der Waals surface area contributed by atoms with Gasteiger partial charge in [0.05, 0.1) is 0 Å². The van der Waals surface area contributed by atoms with Crippen LogP contribution < -0.4 is 10.6 Å². The third-order valence-electron chi connectivity index (χ3n) is 2.64. The second-order valence-electron chi connectivity index (χ2n) is 4.28. The van der Waals surface area contributed by atoms with Gasteiger partial charge in [-0.3, -0.25) is 10.1 Å². The van der Waals surface area contributed by atoms with Gasteiger partial charge in [0.1, 0.15) is 0 Å². The van der Waals surface area contributed by atoms with Gasteiger partial charge in [-0.05, 0) is 55.5 Å². The number of hydrogen-bond acceptors (Lipinski definition) is 2. The molecule has 0 aromatic heterocycles. The summed E-state index contributed by atoms with van der Waals surface area (Å²) in [6.45, 7) is 1.97. The third kappa shape index (κ3) is 4.05. The average molecular weight is 305 g/mol. The van der Waals surface area contributed by atoms with Gasteiger partial charge in [0.25, 0.3) is 5.91 Å². The molecule has 0 heterocycles. The Bertz CT molecular complexity index is 623. The van der Waals surface area contributed by atoms with Crippen LogP contribution in [-0.2, 0) is 0 Å². The molecule has 2 N–H and O–H groups in total. The number of carbonyl (C=O) groups excluding carboxylic acids is 1. The molecule has 2 aromatic rings. The van der Waals surface area contributed by atoms with Crippen molar-refractivity contribution in [2.24, 2.45) is 0 Å². The van der Waals surface area contributed by atoms with Gasteiger partial charge in [0.15, 0.2) is 5.11 Å². The van der Waals surface area contributed by atoms with E-state index in [2.05, 4.69) is 10.6 Å². The molecule has 0 bridgehead atoms. The minimum absolute atomic E-state index is 0.239. The maximum absolute atomic E-state index is 12.0. The highest BCUT2D eigenvalue weighted by Crippen LogP contribution is 2.13. The summed E-state index contributed by atoms with van der Waals surface area (Å²) in [7, 11) is 0. The Labute approximate surface area is 128 Å². The fourth-order valence-electron chi connectivity index (χ4n) is 1.58. The Morgan fingerprint density at radius 2 is 1.65 bits per heavy atom. The summed E-state index contributed by atoms with van der Waals surface area (Å²) < 4.78 is 0. The van der Waals surface area contributed by atoms with E-state index in [1.54, 1.807) is 36.4 Å². The summed E-state index contributed by atoms with van der Waals surface area (Å²) in [6.07, 6.45) is 0. The summed E-state index contributed by atoms with van der Waals surface area (Å²) in [5.41, 5.74) is 2.43. The number of amides is 1. The number of rotatable bonds is 2. The summed E-state index contributed by atoms with van der Waals surface area (Å²) in [4.78, 5) is 12.0. The molecule has 0 saturated carbocycles. The van der Waals surface area contributed by atoms with Crippen molar-refractivity contribution in [3.63, 3.8) is 0 Å². The number of halogens is 1. The molecular weight excluding hydrogens is 292 g/mol. The number of carbonyl (C=O) groups is 1. The Kier molecular flexibility index (Phi) is 4.71. The summed E-state index contributed by atoms with van der Waals surface area (Å²) >= 11 is 10.9. The molecule has 0 radical (unpaired) electrons. The van der Waals surface area contributed by atoms with Gasteiger partial charge in [-0.15, -0.1) is 0 Å². The number of benzene rings is 2. The molecule has 0 spiro atoms. The Balaban J connectivity index is 1.95. The molecule has 2 aromatic carbocycles. The first kappa shape index (κ1) is 14.5. The lowest BCUT2D eigenvalue weighted by Crippen LogP contribution is -2.34. The van der Waals surface area contributed by atoms with E-state index in [0.29, 0.717) is 10.6 Å². The fraction of sp³-hybridized carbons (Fsp3) is 0.0667. The highest BCUT2D eigenvalue weighted by molar-refractivity contribution is 7.80. The maximum atomic E-state index is 12.0. The molecule has 5 heteroatoms. The highest BCUT2D eigenvalue weighted by Gasteiger charge is 2.07. The molecule has 1 amide bonds. The quantitative estimate of drug-likeness (QED) is 0.830. The number of aryl methyl sites for hydroxylation is 1. The zero-order chi connectivity index (χ0) is 14.5. The molecule has 3 nitrogen and oxygen atoms in total. The van der Waals surface area contributed by atoms with Gasteiger partial charge in [0, 0.05) is 16.3 Å². The van der Waals surface area contributed by atoms with Crippen molar-refractivity contribution < 1.29 is 4.79 Å². The number of thiocarbonyl (C=S) groups is 1. The van der Waals surface area contributed by atoms with Crippen LogP contribution in [-0.4, -0.2) is 11.0 Å². The van der Waals surface area contributed by atoms with Crippen molar-refractivity contribution >= 4 is 40.5 Å². The van der Waals surface area contributed by atoms with E-state index in [1.165, 1.54) is 0 Å². The van der Waals surface area contributed by atoms with Gasteiger partial charge < -0.3 is 5.32 Å². The Morgan fingerprint density at radius 1 is 1.05 bits per heavy atom. The van der Waals surface area contributed by atoms with Crippen molar-refractivity contribution in [2.45, 2.75) is 6.92 Å². The van der Waals surface area contributed by atoms with Crippen LogP contribution in [0.25, 0.3) is 0 Å². The standard InChI is InChI=1S/C15H13ClN2OS/c1-10-2-4-11(5-3-10)14(19)18-15(20)17-13-8-6-12(16)7-9-13/h2-9H,1H3,(H2,17,18,19,20). The summed E-state index contributed by atoms with van der Waals surface area (Å²) in [5.74, 6) is -0.239. The molecule has 0 atom stereocenters. The minimum atomic E-state index is -0.239. The first-order valence-corrected chi connectivity index (χ1v) is 6.78. The molecule has 0 aliphatic rings. The van der Waals surface area contributed by atoms with Gasteiger partial charge >= 0.3 is 0 Å². The topological polar surface area (TPSA) is 41.1 Å². The minimum Gasteiger partial charge on any atom is -0.332 e. The zero-order valence-electron chi connectivity index (χ0n) is 10.8. The lowest BCUT2D eigenvalue weighted by Gasteiger charge is -2.09. The van der Waals surface area contributed by atoms with Crippen molar-refractivity contribution in [3.8, 4) is 0 Å². The Hall–Kier alpha value is -1.91. The highest BCUT2D eigenvalue weighted by atomic mass is 35.5. The third-order valence-corrected chi connectivity index (χ3v) is 3.10.